The van der Waals surface area contributed by atoms with Gasteiger partial charge in [0.1, 0.15) is 11.5 Å². The summed E-state index contributed by atoms with van der Waals surface area (Å²) >= 11 is 0. The Balaban J connectivity index is 1.60. The Bertz CT molecular complexity index is 972. The molecule has 0 saturated heterocycles. The van der Waals surface area contributed by atoms with Gasteiger partial charge in [0.25, 0.3) is 5.89 Å². The summed E-state index contributed by atoms with van der Waals surface area (Å²) in [5.74, 6) is 1.33. The maximum atomic E-state index is 12.0. The van der Waals surface area contributed by atoms with E-state index in [4.69, 9.17) is 18.6 Å². The molecule has 0 radical (unpaired) electrons. The zero-order valence-electron chi connectivity index (χ0n) is 15.8. The summed E-state index contributed by atoms with van der Waals surface area (Å²) in [7, 11) is 3.12. The predicted molar refractivity (Wildman–Crippen MR) is 103 cm³/mol. The molecule has 0 unspecified atom stereocenters. The van der Waals surface area contributed by atoms with Crippen LogP contribution in [0.15, 0.2) is 53.0 Å². The zero-order chi connectivity index (χ0) is 19.9. The standard InChI is InChI=1S/C21H20N2O5/c1-14-5-4-6-16(9-14)21-23-22-19(28-21)13-27-20(24)8-7-15-10-17(25-2)12-18(11-15)26-3/h4-12H,13H2,1-3H3/b8-7+. The second-order valence-corrected chi connectivity index (χ2v) is 5.96. The third-order valence-corrected chi connectivity index (χ3v) is 3.86. The van der Waals surface area contributed by atoms with E-state index in [1.165, 1.54) is 6.08 Å². The molecule has 0 amide bonds. The van der Waals surface area contributed by atoms with Gasteiger partial charge in [0.15, 0.2) is 6.61 Å². The van der Waals surface area contributed by atoms with E-state index in [9.17, 15) is 4.79 Å². The van der Waals surface area contributed by atoms with Crippen LogP contribution >= 0.6 is 0 Å². The molecule has 0 aliphatic carbocycles. The molecule has 0 aliphatic heterocycles. The van der Waals surface area contributed by atoms with Crippen LogP contribution in [0.5, 0.6) is 11.5 Å². The van der Waals surface area contributed by atoms with Crippen LogP contribution in [0.25, 0.3) is 17.5 Å². The van der Waals surface area contributed by atoms with Gasteiger partial charge in [-0.15, -0.1) is 10.2 Å². The van der Waals surface area contributed by atoms with Gasteiger partial charge in [-0.05, 0) is 42.8 Å². The second-order valence-electron chi connectivity index (χ2n) is 5.96. The highest BCUT2D eigenvalue weighted by atomic mass is 16.5. The van der Waals surface area contributed by atoms with Gasteiger partial charge in [-0.25, -0.2) is 4.79 Å². The van der Waals surface area contributed by atoms with Crippen molar-refractivity contribution in [2.24, 2.45) is 0 Å². The maximum Gasteiger partial charge on any atom is 0.331 e. The monoisotopic (exact) mass is 380 g/mol. The fourth-order valence-electron chi connectivity index (χ4n) is 2.48. The molecule has 0 atom stereocenters. The Morgan fingerprint density at radius 3 is 2.50 bits per heavy atom. The fourth-order valence-corrected chi connectivity index (χ4v) is 2.48. The molecule has 3 rings (SSSR count). The fraction of sp³-hybridized carbons (Fsp3) is 0.190. The first-order valence-corrected chi connectivity index (χ1v) is 8.54. The average Bonchev–Trinajstić information content (AvgIpc) is 3.19. The van der Waals surface area contributed by atoms with Gasteiger partial charge in [-0.1, -0.05) is 17.7 Å². The number of ether oxygens (including phenoxy) is 3. The van der Waals surface area contributed by atoms with E-state index in [-0.39, 0.29) is 12.5 Å². The van der Waals surface area contributed by atoms with Gasteiger partial charge in [-0.2, -0.15) is 0 Å². The number of benzene rings is 2. The molecule has 0 spiro atoms. The molecule has 3 aromatic rings. The van der Waals surface area contributed by atoms with Gasteiger partial charge < -0.3 is 18.6 Å². The molecule has 1 heterocycles. The minimum Gasteiger partial charge on any atom is -0.497 e. The molecule has 0 saturated carbocycles. The second kappa shape index (κ2) is 8.85. The Kier molecular flexibility index (Phi) is 6.06. The highest BCUT2D eigenvalue weighted by molar-refractivity contribution is 5.87. The average molecular weight is 380 g/mol. The van der Waals surface area contributed by atoms with Crippen LogP contribution in [0.1, 0.15) is 17.0 Å². The SMILES string of the molecule is COc1cc(/C=C/C(=O)OCc2nnc(-c3cccc(C)c3)o2)cc(OC)c1. The lowest BCUT2D eigenvalue weighted by molar-refractivity contribution is -0.139. The Hall–Kier alpha value is -3.61. The predicted octanol–water partition coefficient (Wildman–Crippen LogP) is 3.82. The van der Waals surface area contributed by atoms with Crippen molar-refractivity contribution in [3.05, 3.63) is 65.6 Å². The number of methoxy groups -OCH3 is 2. The highest BCUT2D eigenvalue weighted by Crippen LogP contribution is 2.23. The topological polar surface area (TPSA) is 83.7 Å². The maximum absolute atomic E-state index is 12.0. The van der Waals surface area contributed by atoms with Crippen molar-refractivity contribution >= 4 is 12.0 Å². The molecule has 2 aromatic carbocycles. The molecule has 0 N–H and O–H groups in total. The van der Waals surface area contributed by atoms with E-state index in [1.807, 2.05) is 31.2 Å². The van der Waals surface area contributed by atoms with Gasteiger partial charge in [0.2, 0.25) is 5.89 Å². The van der Waals surface area contributed by atoms with Gasteiger partial charge in [0.05, 0.1) is 14.2 Å². The molecule has 0 bridgehead atoms. The van der Waals surface area contributed by atoms with E-state index in [0.29, 0.717) is 17.4 Å². The van der Waals surface area contributed by atoms with Crippen molar-refractivity contribution in [1.29, 1.82) is 0 Å². The molecule has 1 aromatic heterocycles. The minimum absolute atomic E-state index is 0.108. The highest BCUT2D eigenvalue weighted by Gasteiger charge is 2.10. The van der Waals surface area contributed by atoms with Gasteiger partial charge in [-0.3, -0.25) is 0 Å². The molecule has 7 nitrogen and oxygen atoms in total. The summed E-state index contributed by atoms with van der Waals surface area (Å²) in [6.07, 6.45) is 2.92. The van der Waals surface area contributed by atoms with E-state index < -0.39 is 5.97 Å². The molecule has 28 heavy (non-hydrogen) atoms. The van der Waals surface area contributed by atoms with Crippen molar-refractivity contribution in [3.8, 4) is 23.0 Å². The number of hydrogen-bond acceptors (Lipinski definition) is 7. The first-order valence-electron chi connectivity index (χ1n) is 8.54. The van der Waals surface area contributed by atoms with Crippen molar-refractivity contribution in [2.75, 3.05) is 14.2 Å². The molecular formula is C21H20N2O5. The first-order chi connectivity index (χ1) is 13.6. The summed E-state index contributed by atoms with van der Waals surface area (Å²) < 4.78 is 21.1. The normalized spacial score (nSPS) is 10.8. The third-order valence-electron chi connectivity index (χ3n) is 3.86. The Morgan fingerprint density at radius 1 is 1.07 bits per heavy atom. The van der Waals surface area contributed by atoms with Gasteiger partial charge >= 0.3 is 5.97 Å². The van der Waals surface area contributed by atoms with Crippen LogP contribution in [-0.4, -0.2) is 30.4 Å². The third kappa shape index (κ3) is 4.97. The summed E-state index contributed by atoms with van der Waals surface area (Å²) in [4.78, 5) is 12.0. The summed E-state index contributed by atoms with van der Waals surface area (Å²) in [6.45, 7) is 1.87. The summed E-state index contributed by atoms with van der Waals surface area (Å²) in [5, 5.41) is 7.89. The number of hydrogen-bond donors (Lipinski definition) is 0. The van der Waals surface area contributed by atoms with E-state index in [2.05, 4.69) is 10.2 Å². The number of carbonyl (C=O) groups excluding carboxylic acids is 1. The lowest BCUT2D eigenvalue weighted by Crippen LogP contribution is -2.01. The number of nitrogens with zero attached hydrogens (tertiary/aromatic N) is 2. The van der Waals surface area contributed by atoms with E-state index in [0.717, 1.165) is 16.7 Å². The van der Waals surface area contributed by atoms with Crippen LogP contribution < -0.4 is 9.47 Å². The lowest BCUT2D eigenvalue weighted by Gasteiger charge is -2.05. The summed E-state index contributed by atoms with van der Waals surface area (Å²) in [5.41, 5.74) is 2.65. The van der Waals surface area contributed by atoms with Crippen molar-refractivity contribution < 1.29 is 23.4 Å². The van der Waals surface area contributed by atoms with Crippen LogP contribution in [-0.2, 0) is 16.1 Å². The molecule has 144 valence electrons. The van der Waals surface area contributed by atoms with E-state index >= 15 is 0 Å². The number of aromatic nitrogens is 2. The molecular weight excluding hydrogens is 360 g/mol. The van der Waals surface area contributed by atoms with Crippen LogP contribution in [0.3, 0.4) is 0 Å². The largest absolute Gasteiger partial charge is 0.497 e. The Morgan fingerprint density at radius 2 is 1.82 bits per heavy atom. The van der Waals surface area contributed by atoms with Crippen molar-refractivity contribution in [3.63, 3.8) is 0 Å². The van der Waals surface area contributed by atoms with Crippen LogP contribution in [0.2, 0.25) is 0 Å². The number of carbonyl (C=O) groups is 1. The summed E-state index contributed by atoms with van der Waals surface area (Å²) in [6, 6.07) is 13.0. The molecule has 7 heteroatoms. The zero-order valence-corrected chi connectivity index (χ0v) is 15.8. The number of rotatable bonds is 7. The van der Waals surface area contributed by atoms with Gasteiger partial charge in [0, 0.05) is 17.7 Å². The van der Waals surface area contributed by atoms with E-state index in [1.54, 1.807) is 38.5 Å². The number of aryl methyl sites for hydroxylation is 1. The first kappa shape index (κ1) is 19.2. The van der Waals surface area contributed by atoms with Crippen LogP contribution in [0, 0.1) is 6.92 Å². The quantitative estimate of drug-likeness (QED) is 0.455. The van der Waals surface area contributed by atoms with Crippen molar-refractivity contribution in [1.82, 2.24) is 10.2 Å². The lowest BCUT2D eigenvalue weighted by atomic mass is 10.1. The van der Waals surface area contributed by atoms with Crippen LogP contribution in [0.4, 0.5) is 0 Å². The van der Waals surface area contributed by atoms with Crippen molar-refractivity contribution in [2.45, 2.75) is 13.5 Å². The smallest absolute Gasteiger partial charge is 0.331 e. The molecule has 0 fully saturated rings. The minimum atomic E-state index is -0.530. The Labute approximate surface area is 162 Å². The molecule has 0 aliphatic rings. The number of esters is 1.